The van der Waals surface area contributed by atoms with Gasteiger partial charge in [-0.25, -0.2) is 0 Å². The van der Waals surface area contributed by atoms with Crippen LogP contribution >= 0.6 is 0 Å². The molecule has 1 N–H and O–H groups in total. The molecule has 0 amide bonds. The van der Waals surface area contributed by atoms with Gasteiger partial charge in [0.15, 0.2) is 0 Å². The molecule has 0 saturated heterocycles. The summed E-state index contributed by atoms with van der Waals surface area (Å²) in [7, 11) is 0. The molecule has 1 aliphatic rings. The quantitative estimate of drug-likeness (QED) is 0.752. The van der Waals surface area contributed by atoms with Crippen molar-refractivity contribution in [2.75, 3.05) is 0 Å². The number of ether oxygens (including phenoxy) is 1. The average molecular weight is 205 g/mol. The normalized spacial score (nSPS) is 17.7. The van der Waals surface area contributed by atoms with Gasteiger partial charge in [0.05, 0.1) is 6.10 Å². The standard InChI is InChI=1S/C12H15NO2/c1-9-2-4-10(5-3-9)15-11-6-7-12(14)13-8-11/h6-8,10H,1-5H2,(H,13,14). The zero-order valence-corrected chi connectivity index (χ0v) is 8.66. The van der Waals surface area contributed by atoms with Gasteiger partial charge in [-0.05, 0) is 31.7 Å². The predicted molar refractivity (Wildman–Crippen MR) is 59.1 cm³/mol. The lowest BCUT2D eigenvalue weighted by Gasteiger charge is -2.24. The number of hydrogen-bond acceptors (Lipinski definition) is 2. The van der Waals surface area contributed by atoms with Crippen LogP contribution in [0.25, 0.3) is 0 Å². The first-order chi connectivity index (χ1) is 7.24. The summed E-state index contributed by atoms with van der Waals surface area (Å²) in [6, 6.07) is 3.19. The summed E-state index contributed by atoms with van der Waals surface area (Å²) in [5.74, 6) is 0.743. The van der Waals surface area contributed by atoms with Crippen LogP contribution in [0.4, 0.5) is 0 Å². The van der Waals surface area contributed by atoms with E-state index in [1.54, 1.807) is 12.3 Å². The summed E-state index contributed by atoms with van der Waals surface area (Å²) in [5, 5.41) is 0. The first-order valence-corrected chi connectivity index (χ1v) is 5.26. The highest BCUT2D eigenvalue weighted by molar-refractivity contribution is 5.16. The molecular formula is C12H15NO2. The summed E-state index contributed by atoms with van der Waals surface area (Å²) in [6.45, 7) is 3.96. The zero-order valence-electron chi connectivity index (χ0n) is 8.66. The van der Waals surface area contributed by atoms with Gasteiger partial charge in [-0.15, -0.1) is 0 Å². The van der Waals surface area contributed by atoms with Crippen molar-refractivity contribution in [1.82, 2.24) is 4.98 Å². The summed E-state index contributed by atoms with van der Waals surface area (Å²) in [5.41, 5.74) is 1.22. The Morgan fingerprint density at radius 3 is 2.67 bits per heavy atom. The Labute approximate surface area is 88.8 Å². The van der Waals surface area contributed by atoms with Crippen LogP contribution in [-0.2, 0) is 0 Å². The number of nitrogens with one attached hydrogen (secondary N) is 1. The highest BCUT2D eigenvalue weighted by Crippen LogP contribution is 2.25. The average Bonchev–Trinajstić information content (AvgIpc) is 2.25. The molecule has 1 aliphatic carbocycles. The van der Waals surface area contributed by atoms with E-state index in [-0.39, 0.29) is 11.7 Å². The molecule has 1 aromatic heterocycles. The largest absolute Gasteiger partial charge is 0.489 e. The Balaban J connectivity index is 1.94. The molecule has 15 heavy (non-hydrogen) atoms. The van der Waals surface area contributed by atoms with Crippen LogP contribution in [0, 0.1) is 0 Å². The SMILES string of the molecule is C=C1CCC(Oc2ccc(=O)[nH]c2)CC1. The molecule has 0 spiro atoms. The molecule has 1 saturated carbocycles. The molecule has 1 fully saturated rings. The second kappa shape index (κ2) is 4.34. The third-order valence-corrected chi connectivity index (χ3v) is 2.70. The summed E-state index contributed by atoms with van der Waals surface area (Å²) >= 11 is 0. The minimum absolute atomic E-state index is 0.0978. The fourth-order valence-corrected chi connectivity index (χ4v) is 1.78. The maximum absolute atomic E-state index is 10.8. The van der Waals surface area contributed by atoms with E-state index >= 15 is 0 Å². The molecule has 1 heterocycles. The number of aromatic nitrogens is 1. The van der Waals surface area contributed by atoms with E-state index in [2.05, 4.69) is 11.6 Å². The van der Waals surface area contributed by atoms with Gasteiger partial charge in [-0.3, -0.25) is 4.79 Å². The molecule has 3 heteroatoms. The van der Waals surface area contributed by atoms with Gasteiger partial charge in [0.25, 0.3) is 0 Å². The van der Waals surface area contributed by atoms with Crippen molar-refractivity contribution in [2.45, 2.75) is 31.8 Å². The van der Waals surface area contributed by atoms with Crippen molar-refractivity contribution in [3.8, 4) is 5.75 Å². The zero-order chi connectivity index (χ0) is 10.7. The molecule has 1 aromatic rings. The van der Waals surface area contributed by atoms with Gasteiger partial charge < -0.3 is 9.72 Å². The van der Waals surface area contributed by atoms with Crippen LogP contribution in [0.3, 0.4) is 0 Å². The molecule has 0 atom stereocenters. The van der Waals surface area contributed by atoms with Gasteiger partial charge in [-0.2, -0.15) is 0 Å². The van der Waals surface area contributed by atoms with Crippen molar-refractivity contribution >= 4 is 0 Å². The van der Waals surface area contributed by atoms with Crippen LogP contribution in [0.1, 0.15) is 25.7 Å². The molecule has 80 valence electrons. The van der Waals surface area contributed by atoms with E-state index in [9.17, 15) is 4.79 Å². The molecule has 0 unspecified atom stereocenters. The number of allylic oxidation sites excluding steroid dienone is 1. The molecule has 0 aliphatic heterocycles. The first kappa shape index (κ1) is 10.0. The summed E-state index contributed by atoms with van der Waals surface area (Å²) in [6.07, 6.45) is 6.03. The monoisotopic (exact) mass is 205 g/mol. The number of pyridine rings is 1. The molecular weight excluding hydrogens is 190 g/mol. The van der Waals surface area contributed by atoms with E-state index < -0.39 is 0 Å². The maximum Gasteiger partial charge on any atom is 0.248 e. The van der Waals surface area contributed by atoms with Gasteiger partial charge >= 0.3 is 0 Å². The van der Waals surface area contributed by atoms with Crippen LogP contribution in [0.5, 0.6) is 5.75 Å². The fourth-order valence-electron chi connectivity index (χ4n) is 1.78. The Bertz CT molecular complexity index is 378. The molecule has 0 bridgehead atoms. The molecule has 2 rings (SSSR count). The predicted octanol–water partition coefficient (Wildman–Crippen LogP) is 2.25. The van der Waals surface area contributed by atoms with Crippen LogP contribution < -0.4 is 10.3 Å². The van der Waals surface area contributed by atoms with E-state index in [0.29, 0.717) is 0 Å². The second-order valence-corrected chi connectivity index (χ2v) is 3.96. The highest BCUT2D eigenvalue weighted by Gasteiger charge is 2.16. The van der Waals surface area contributed by atoms with E-state index in [1.807, 2.05) is 0 Å². The van der Waals surface area contributed by atoms with Crippen LogP contribution in [0.15, 0.2) is 35.3 Å². The Morgan fingerprint density at radius 1 is 1.33 bits per heavy atom. The van der Waals surface area contributed by atoms with Crippen molar-refractivity contribution in [1.29, 1.82) is 0 Å². The third-order valence-electron chi connectivity index (χ3n) is 2.70. The van der Waals surface area contributed by atoms with Gasteiger partial charge in [0.2, 0.25) is 5.56 Å². The molecule has 0 aromatic carbocycles. The summed E-state index contributed by atoms with van der Waals surface area (Å²) < 4.78 is 5.75. The van der Waals surface area contributed by atoms with Gasteiger partial charge in [0, 0.05) is 12.3 Å². The number of aromatic amines is 1. The highest BCUT2D eigenvalue weighted by atomic mass is 16.5. The smallest absolute Gasteiger partial charge is 0.248 e. The van der Waals surface area contributed by atoms with Crippen molar-refractivity contribution in [3.63, 3.8) is 0 Å². The number of H-pyrrole nitrogens is 1. The van der Waals surface area contributed by atoms with Crippen LogP contribution in [0.2, 0.25) is 0 Å². The minimum Gasteiger partial charge on any atom is -0.489 e. The first-order valence-electron chi connectivity index (χ1n) is 5.26. The lowest BCUT2D eigenvalue weighted by atomic mass is 9.94. The molecule has 3 nitrogen and oxygen atoms in total. The molecule has 0 radical (unpaired) electrons. The van der Waals surface area contributed by atoms with Crippen molar-refractivity contribution in [3.05, 3.63) is 40.8 Å². The number of rotatable bonds is 2. The lowest BCUT2D eigenvalue weighted by molar-refractivity contribution is 0.168. The Hall–Kier alpha value is -1.51. The van der Waals surface area contributed by atoms with Gasteiger partial charge in [-0.1, -0.05) is 12.2 Å². The van der Waals surface area contributed by atoms with Gasteiger partial charge in [0.1, 0.15) is 5.75 Å². The van der Waals surface area contributed by atoms with E-state index in [1.165, 1.54) is 11.6 Å². The lowest BCUT2D eigenvalue weighted by Crippen LogP contribution is -2.20. The second-order valence-electron chi connectivity index (χ2n) is 3.96. The topological polar surface area (TPSA) is 42.1 Å². The summed E-state index contributed by atoms with van der Waals surface area (Å²) in [4.78, 5) is 13.4. The number of hydrogen-bond donors (Lipinski definition) is 1. The van der Waals surface area contributed by atoms with E-state index in [0.717, 1.165) is 31.4 Å². The maximum atomic E-state index is 10.8. The van der Waals surface area contributed by atoms with E-state index in [4.69, 9.17) is 4.74 Å². The van der Waals surface area contributed by atoms with Crippen molar-refractivity contribution < 1.29 is 4.74 Å². The Kier molecular flexibility index (Phi) is 2.90. The van der Waals surface area contributed by atoms with Crippen molar-refractivity contribution in [2.24, 2.45) is 0 Å². The Morgan fingerprint density at radius 2 is 2.07 bits per heavy atom. The van der Waals surface area contributed by atoms with Crippen LogP contribution in [-0.4, -0.2) is 11.1 Å². The minimum atomic E-state index is -0.0978. The third kappa shape index (κ3) is 2.72. The fraction of sp³-hybridized carbons (Fsp3) is 0.417.